The monoisotopic (exact) mass is 501 g/mol. The number of thiazole rings is 1. The molecule has 1 aromatic heterocycles. The summed E-state index contributed by atoms with van der Waals surface area (Å²) in [6.07, 6.45) is 2.03. The Morgan fingerprint density at radius 2 is 1.78 bits per heavy atom. The average Bonchev–Trinajstić information content (AvgIpc) is 3.28. The number of nitro benzene ring substituents is 1. The highest BCUT2D eigenvalue weighted by molar-refractivity contribution is 7.19. The number of aromatic nitrogens is 1. The molecule has 0 fully saturated rings. The lowest BCUT2D eigenvalue weighted by molar-refractivity contribution is -0.384. The van der Waals surface area contributed by atoms with Gasteiger partial charge in [0, 0.05) is 23.3 Å². The first-order chi connectivity index (χ1) is 17.4. The summed E-state index contributed by atoms with van der Waals surface area (Å²) >= 11 is 1.34. The van der Waals surface area contributed by atoms with E-state index in [-0.39, 0.29) is 11.6 Å². The van der Waals surface area contributed by atoms with Gasteiger partial charge in [-0.1, -0.05) is 48.4 Å². The zero-order valence-electron chi connectivity index (χ0n) is 20.4. The first-order valence-corrected chi connectivity index (χ1v) is 12.5. The number of anilines is 1. The van der Waals surface area contributed by atoms with Crippen molar-refractivity contribution in [2.75, 3.05) is 11.9 Å². The van der Waals surface area contributed by atoms with Gasteiger partial charge < -0.3 is 4.74 Å². The fourth-order valence-corrected chi connectivity index (χ4v) is 4.75. The number of amides is 1. The minimum Gasteiger partial charge on any atom is -0.494 e. The average molecular weight is 502 g/mol. The third-order valence-corrected chi connectivity index (χ3v) is 6.73. The molecular weight excluding hydrogens is 474 g/mol. The number of unbranched alkanes of at least 4 members (excludes halogenated alkanes) is 1. The molecule has 0 spiro atoms. The van der Waals surface area contributed by atoms with E-state index in [9.17, 15) is 14.9 Å². The molecule has 0 saturated heterocycles. The number of aryl methyl sites for hydroxylation is 2. The highest BCUT2D eigenvalue weighted by atomic mass is 32.1. The van der Waals surface area contributed by atoms with E-state index in [2.05, 4.69) is 18.3 Å². The van der Waals surface area contributed by atoms with Crippen molar-refractivity contribution in [3.8, 4) is 27.4 Å². The van der Waals surface area contributed by atoms with Crippen molar-refractivity contribution in [2.45, 2.75) is 33.6 Å². The molecule has 3 aromatic carbocycles. The van der Waals surface area contributed by atoms with Crippen LogP contribution in [-0.4, -0.2) is 22.4 Å². The Balaban J connectivity index is 1.64. The van der Waals surface area contributed by atoms with Gasteiger partial charge in [-0.2, -0.15) is 0 Å². The van der Waals surface area contributed by atoms with Gasteiger partial charge in [0.25, 0.3) is 11.6 Å². The molecule has 36 heavy (non-hydrogen) atoms. The van der Waals surface area contributed by atoms with Crippen molar-refractivity contribution in [3.05, 3.63) is 93.5 Å². The van der Waals surface area contributed by atoms with Gasteiger partial charge in [0.2, 0.25) is 0 Å². The van der Waals surface area contributed by atoms with Gasteiger partial charge in [-0.25, -0.2) is 4.98 Å². The molecule has 0 aliphatic rings. The third kappa shape index (κ3) is 5.78. The van der Waals surface area contributed by atoms with E-state index in [1.54, 1.807) is 36.4 Å². The highest BCUT2D eigenvalue weighted by Gasteiger charge is 2.19. The number of nitro groups is 1. The molecule has 4 aromatic rings. The van der Waals surface area contributed by atoms with Gasteiger partial charge in [-0.05, 0) is 67.8 Å². The van der Waals surface area contributed by atoms with E-state index < -0.39 is 4.92 Å². The molecule has 184 valence electrons. The maximum atomic E-state index is 13.0. The number of carbonyl (C=O) groups excluding carboxylic acids is 1. The predicted octanol–water partition coefficient (Wildman–Crippen LogP) is 7.43. The summed E-state index contributed by atoms with van der Waals surface area (Å²) in [5.41, 5.74) is 5.17. The van der Waals surface area contributed by atoms with Crippen LogP contribution in [-0.2, 0) is 0 Å². The Kier molecular flexibility index (Phi) is 7.75. The van der Waals surface area contributed by atoms with Crippen LogP contribution in [0.1, 0.15) is 41.3 Å². The summed E-state index contributed by atoms with van der Waals surface area (Å²) in [6.45, 7) is 6.80. The molecule has 0 saturated carbocycles. The first kappa shape index (κ1) is 25.1. The molecule has 1 heterocycles. The van der Waals surface area contributed by atoms with Gasteiger partial charge in [0.1, 0.15) is 5.75 Å². The Bertz CT molecular complexity index is 1380. The smallest absolute Gasteiger partial charge is 0.269 e. The molecule has 0 radical (unpaired) electrons. The lowest BCUT2D eigenvalue weighted by atomic mass is 10.0. The highest BCUT2D eigenvalue weighted by Crippen LogP contribution is 2.41. The van der Waals surface area contributed by atoms with Crippen LogP contribution < -0.4 is 10.1 Å². The molecule has 0 aliphatic heterocycles. The van der Waals surface area contributed by atoms with Crippen LogP contribution in [0, 0.1) is 24.0 Å². The maximum absolute atomic E-state index is 13.0. The van der Waals surface area contributed by atoms with Crippen molar-refractivity contribution < 1.29 is 14.5 Å². The van der Waals surface area contributed by atoms with Crippen LogP contribution in [0.5, 0.6) is 5.75 Å². The van der Waals surface area contributed by atoms with E-state index >= 15 is 0 Å². The maximum Gasteiger partial charge on any atom is 0.269 e. The minimum absolute atomic E-state index is 0.0204. The normalized spacial score (nSPS) is 10.8. The number of nitrogens with one attached hydrogen (secondary N) is 1. The number of benzene rings is 3. The summed E-state index contributed by atoms with van der Waals surface area (Å²) < 4.78 is 5.68. The van der Waals surface area contributed by atoms with E-state index in [1.807, 2.05) is 26.0 Å². The van der Waals surface area contributed by atoms with Crippen molar-refractivity contribution >= 4 is 28.1 Å². The number of ether oxygens (including phenoxy) is 1. The minimum atomic E-state index is -0.423. The van der Waals surface area contributed by atoms with Crippen molar-refractivity contribution in [3.63, 3.8) is 0 Å². The van der Waals surface area contributed by atoms with Crippen LogP contribution in [0.4, 0.5) is 10.8 Å². The molecule has 0 atom stereocenters. The molecule has 7 nitrogen and oxygen atoms in total. The summed E-state index contributed by atoms with van der Waals surface area (Å²) in [7, 11) is 0. The Hall–Kier alpha value is -4.04. The Labute approximate surface area is 213 Å². The van der Waals surface area contributed by atoms with Crippen LogP contribution >= 0.6 is 11.3 Å². The largest absolute Gasteiger partial charge is 0.494 e. The zero-order chi connectivity index (χ0) is 25.7. The van der Waals surface area contributed by atoms with Crippen LogP contribution in [0.25, 0.3) is 21.7 Å². The van der Waals surface area contributed by atoms with E-state index in [0.717, 1.165) is 51.4 Å². The number of rotatable bonds is 9. The van der Waals surface area contributed by atoms with Crippen molar-refractivity contribution in [2.24, 2.45) is 0 Å². The van der Waals surface area contributed by atoms with Gasteiger partial charge in [-0.15, -0.1) is 0 Å². The topological polar surface area (TPSA) is 94.4 Å². The van der Waals surface area contributed by atoms with Gasteiger partial charge in [0.15, 0.2) is 5.13 Å². The number of hydrogen-bond donors (Lipinski definition) is 1. The van der Waals surface area contributed by atoms with Crippen molar-refractivity contribution in [1.82, 2.24) is 4.98 Å². The molecule has 1 amide bonds. The van der Waals surface area contributed by atoms with E-state index in [0.29, 0.717) is 17.3 Å². The summed E-state index contributed by atoms with van der Waals surface area (Å²) in [5, 5.41) is 14.5. The second-order valence-electron chi connectivity index (χ2n) is 8.50. The SMILES string of the molecule is CCCCOc1ccc(C(=O)Nc2nc(-c3ccc(C)cc3C)c(-c3ccc([N+](=O)[O-])cc3)s2)cc1. The molecule has 4 rings (SSSR count). The van der Waals surface area contributed by atoms with E-state index in [1.165, 1.54) is 23.5 Å². The predicted molar refractivity (Wildman–Crippen MR) is 144 cm³/mol. The van der Waals surface area contributed by atoms with Crippen LogP contribution in [0.2, 0.25) is 0 Å². The van der Waals surface area contributed by atoms with Crippen LogP contribution in [0.3, 0.4) is 0 Å². The number of carbonyl (C=O) groups is 1. The lowest BCUT2D eigenvalue weighted by Crippen LogP contribution is -2.11. The first-order valence-electron chi connectivity index (χ1n) is 11.7. The lowest BCUT2D eigenvalue weighted by Gasteiger charge is -2.07. The van der Waals surface area contributed by atoms with Gasteiger partial charge >= 0.3 is 0 Å². The Morgan fingerprint density at radius 3 is 2.42 bits per heavy atom. The molecule has 8 heteroatoms. The standard InChI is InChI=1S/C28H27N3O4S/c1-4-5-16-35-23-13-9-21(10-14-23)27(32)30-28-29-25(24-15-6-18(2)17-19(24)3)26(36-28)20-7-11-22(12-8-20)31(33)34/h6-15,17H,4-5,16H2,1-3H3,(H,29,30,32). The Morgan fingerprint density at radius 1 is 1.06 bits per heavy atom. The summed E-state index contributed by atoms with van der Waals surface area (Å²) in [5.74, 6) is 0.457. The van der Waals surface area contributed by atoms with Crippen molar-refractivity contribution in [1.29, 1.82) is 0 Å². The molecule has 0 unspecified atom stereocenters. The fraction of sp³-hybridized carbons (Fsp3) is 0.214. The third-order valence-electron chi connectivity index (χ3n) is 5.71. The summed E-state index contributed by atoms with van der Waals surface area (Å²) in [4.78, 5) is 29.2. The van der Waals surface area contributed by atoms with E-state index in [4.69, 9.17) is 9.72 Å². The van der Waals surface area contributed by atoms with Crippen LogP contribution in [0.15, 0.2) is 66.7 Å². The van der Waals surface area contributed by atoms with Gasteiger partial charge in [0.05, 0.1) is 22.1 Å². The molecule has 1 N–H and O–H groups in total. The number of hydrogen-bond acceptors (Lipinski definition) is 6. The molecule has 0 aliphatic carbocycles. The second kappa shape index (κ2) is 11.1. The quantitative estimate of drug-likeness (QED) is 0.146. The second-order valence-corrected chi connectivity index (χ2v) is 9.50. The number of nitrogens with zero attached hydrogens (tertiary/aromatic N) is 2. The summed E-state index contributed by atoms with van der Waals surface area (Å²) in [6, 6.07) is 19.5. The number of non-ortho nitro benzene ring substituents is 1. The molecule has 0 bridgehead atoms. The fourth-order valence-electron chi connectivity index (χ4n) is 3.77. The zero-order valence-corrected chi connectivity index (χ0v) is 21.2. The molecular formula is C28H27N3O4S. The van der Waals surface area contributed by atoms with Gasteiger partial charge in [-0.3, -0.25) is 20.2 Å².